The first-order valence-corrected chi connectivity index (χ1v) is 8.71. The van der Waals surface area contributed by atoms with Gasteiger partial charge in [-0.25, -0.2) is 4.98 Å². The number of thiazole rings is 1. The molecule has 0 aliphatic carbocycles. The number of likely N-dealkylation sites (N-methyl/N-ethyl adjacent to an activating group) is 1. The average molecular weight is 362 g/mol. The lowest BCUT2D eigenvalue weighted by atomic mass is 10.2. The lowest BCUT2D eigenvalue weighted by Gasteiger charge is -2.15. The number of nitrogens with zero attached hydrogens (tertiary/aromatic N) is 2. The van der Waals surface area contributed by atoms with Crippen LogP contribution in [0.3, 0.4) is 0 Å². The van der Waals surface area contributed by atoms with Crippen LogP contribution in [0.1, 0.15) is 18.5 Å². The summed E-state index contributed by atoms with van der Waals surface area (Å²) in [7, 11) is 1.68. The van der Waals surface area contributed by atoms with Crippen LogP contribution in [0, 0.1) is 0 Å². The lowest BCUT2D eigenvalue weighted by molar-refractivity contribution is -0.138. The van der Waals surface area contributed by atoms with Gasteiger partial charge in [0.15, 0.2) is 11.5 Å². The summed E-state index contributed by atoms with van der Waals surface area (Å²) in [6, 6.07) is 5.64. The normalized spacial score (nSPS) is 12.2. The number of aliphatic carboxylic acids is 1. The second-order valence-corrected chi connectivity index (χ2v) is 6.56. The Kier molecular flexibility index (Phi) is 5.18. The first kappa shape index (κ1) is 17.2. The Balaban J connectivity index is 1.60. The topological polar surface area (TPSA) is 89.0 Å². The Bertz CT molecular complexity index is 789. The van der Waals surface area contributed by atoms with Gasteiger partial charge in [-0.2, -0.15) is 0 Å². The maximum Gasteiger partial charge on any atom is 0.303 e. The van der Waals surface area contributed by atoms with Gasteiger partial charge in [-0.1, -0.05) is 0 Å². The summed E-state index contributed by atoms with van der Waals surface area (Å²) in [5.41, 5.74) is 1.62. The summed E-state index contributed by atoms with van der Waals surface area (Å²) in [6.07, 6.45) is 0.699. The summed E-state index contributed by atoms with van der Waals surface area (Å²) in [6.45, 7) is 0.648. The molecule has 1 aliphatic heterocycles. The Morgan fingerprint density at radius 1 is 1.32 bits per heavy atom. The molecule has 0 spiro atoms. The SMILES string of the molecule is CN(CCCC(=O)O)C(=O)Cc1csc(-c2ccc3c(c2)OCO3)n1. The summed E-state index contributed by atoms with van der Waals surface area (Å²) < 4.78 is 10.7. The molecule has 1 amide bonds. The van der Waals surface area contributed by atoms with Gasteiger partial charge in [-0.3, -0.25) is 9.59 Å². The van der Waals surface area contributed by atoms with E-state index in [1.165, 1.54) is 11.3 Å². The third-order valence-electron chi connectivity index (χ3n) is 3.81. The zero-order valence-electron chi connectivity index (χ0n) is 13.7. The molecule has 0 fully saturated rings. The number of carbonyl (C=O) groups excluding carboxylic acids is 1. The number of carbonyl (C=O) groups is 2. The van der Waals surface area contributed by atoms with E-state index in [-0.39, 0.29) is 25.5 Å². The van der Waals surface area contributed by atoms with Crippen LogP contribution in [-0.2, 0) is 16.0 Å². The molecule has 1 aliphatic rings. The van der Waals surface area contributed by atoms with Crippen LogP contribution in [-0.4, -0.2) is 47.3 Å². The van der Waals surface area contributed by atoms with E-state index in [4.69, 9.17) is 14.6 Å². The molecule has 132 valence electrons. The van der Waals surface area contributed by atoms with Crippen LogP contribution in [0.2, 0.25) is 0 Å². The van der Waals surface area contributed by atoms with Crippen molar-refractivity contribution in [3.8, 4) is 22.1 Å². The van der Waals surface area contributed by atoms with Gasteiger partial charge in [0.05, 0.1) is 12.1 Å². The minimum Gasteiger partial charge on any atom is -0.481 e. The molecule has 8 heteroatoms. The van der Waals surface area contributed by atoms with E-state index in [1.54, 1.807) is 11.9 Å². The van der Waals surface area contributed by atoms with Crippen molar-refractivity contribution in [3.63, 3.8) is 0 Å². The molecule has 2 heterocycles. The summed E-state index contributed by atoms with van der Waals surface area (Å²) in [5.74, 6) is 0.490. The molecular formula is C17H18N2O5S. The van der Waals surface area contributed by atoms with Gasteiger partial charge in [0.25, 0.3) is 0 Å². The minimum atomic E-state index is -0.853. The third kappa shape index (κ3) is 4.27. The van der Waals surface area contributed by atoms with E-state index in [0.29, 0.717) is 24.4 Å². The highest BCUT2D eigenvalue weighted by Crippen LogP contribution is 2.36. The number of ether oxygens (including phenoxy) is 2. The van der Waals surface area contributed by atoms with Crippen molar-refractivity contribution < 1.29 is 24.2 Å². The highest BCUT2D eigenvalue weighted by molar-refractivity contribution is 7.13. The molecule has 0 radical (unpaired) electrons. The van der Waals surface area contributed by atoms with Crippen LogP contribution in [0.15, 0.2) is 23.6 Å². The first-order chi connectivity index (χ1) is 12.0. The fourth-order valence-electron chi connectivity index (χ4n) is 2.43. The highest BCUT2D eigenvalue weighted by atomic mass is 32.1. The lowest BCUT2D eigenvalue weighted by Crippen LogP contribution is -2.29. The second kappa shape index (κ2) is 7.52. The van der Waals surface area contributed by atoms with Crippen molar-refractivity contribution in [2.75, 3.05) is 20.4 Å². The van der Waals surface area contributed by atoms with Crippen LogP contribution in [0.25, 0.3) is 10.6 Å². The van der Waals surface area contributed by atoms with Gasteiger partial charge < -0.3 is 19.5 Å². The number of carboxylic acids is 1. The van der Waals surface area contributed by atoms with Gasteiger partial charge >= 0.3 is 5.97 Å². The van der Waals surface area contributed by atoms with Crippen molar-refractivity contribution in [2.45, 2.75) is 19.3 Å². The third-order valence-corrected chi connectivity index (χ3v) is 4.75. The number of benzene rings is 1. The molecule has 25 heavy (non-hydrogen) atoms. The Morgan fingerprint density at radius 2 is 2.12 bits per heavy atom. The fourth-order valence-corrected chi connectivity index (χ4v) is 3.25. The Morgan fingerprint density at radius 3 is 2.92 bits per heavy atom. The monoisotopic (exact) mass is 362 g/mol. The minimum absolute atomic E-state index is 0.0581. The van der Waals surface area contributed by atoms with Gasteiger partial charge in [0.2, 0.25) is 12.7 Å². The molecule has 1 aromatic carbocycles. The zero-order valence-corrected chi connectivity index (χ0v) is 14.5. The molecule has 0 bridgehead atoms. The number of hydrogen-bond acceptors (Lipinski definition) is 6. The molecule has 2 aromatic rings. The molecule has 3 rings (SSSR count). The predicted molar refractivity (Wildman–Crippen MR) is 91.9 cm³/mol. The summed E-state index contributed by atoms with van der Waals surface area (Å²) in [5, 5.41) is 11.3. The number of rotatable bonds is 7. The fraction of sp³-hybridized carbons (Fsp3) is 0.353. The van der Waals surface area contributed by atoms with E-state index in [0.717, 1.165) is 16.3 Å². The smallest absolute Gasteiger partial charge is 0.303 e. The largest absolute Gasteiger partial charge is 0.481 e. The molecule has 0 atom stereocenters. The number of aromatic nitrogens is 1. The number of amides is 1. The molecule has 1 N–H and O–H groups in total. The van der Waals surface area contributed by atoms with Crippen LogP contribution >= 0.6 is 11.3 Å². The van der Waals surface area contributed by atoms with E-state index >= 15 is 0 Å². The van der Waals surface area contributed by atoms with E-state index in [9.17, 15) is 9.59 Å². The van der Waals surface area contributed by atoms with Gasteiger partial charge in [-0.15, -0.1) is 11.3 Å². The van der Waals surface area contributed by atoms with E-state index in [1.807, 2.05) is 23.6 Å². The number of hydrogen-bond donors (Lipinski definition) is 1. The first-order valence-electron chi connectivity index (χ1n) is 7.83. The molecule has 1 aromatic heterocycles. The summed E-state index contributed by atoms with van der Waals surface area (Å²) in [4.78, 5) is 28.8. The predicted octanol–water partition coefficient (Wildman–Crippen LogP) is 2.40. The van der Waals surface area contributed by atoms with Crippen molar-refractivity contribution in [3.05, 3.63) is 29.3 Å². The second-order valence-electron chi connectivity index (χ2n) is 5.70. The Hall–Kier alpha value is -2.61. The molecule has 0 saturated heterocycles. The van der Waals surface area contributed by atoms with E-state index < -0.39 is 5.97 Å². The quantitative estimate of drug-likeness (QED) is 0.814. The Labute approximate surface area is 148 Å². The maximum absolute atomic E-state index is 12.2. The van der Waals surface area contributed by atoms with Crippen molar-refractivity contribution >= 4 is 23.2 Å². The molecule has 7 nitrogen and oxygen atoms in total. The van der Waals surface area contributed by atoms with Crippen LogP contribution in [0.4, 0.5) is 0 Å². The molecular weight excluding hydrogens is 344 g/mol. The van der Waals surface area contributed by atoms with Crippen molar-refractivity contribution in [1.29, 1.82) is 0 Å². The van der Waals surface area contributed by atoms with Crippen LogP contribution in [0.5, 0.6) is 11.5 Å². The van der Waals surface area contributed by atoms with Gasteiger partial charge in [0, 0.05) is 31.0 Å². The van der Waals surface area contributed by atoms with E-state index in [2.05, 4.69) is 4.98 Å². The van der Waals surface area contributed by atoms with Crippen molar-refractivity contribution in [2.24, 2.45) is 0 Å². The molecule has 0 saturated carbocycles. The maximum atomic E-state index is 12.2. The average Bonchev–Trinajstić information content (AvgIpc) is 3.22. The zero-order chi connectivity index (χ0) is 17.8. The number of carboxylic acid groups (broad SMARTS) is 1. The van der Waals surface area contributed by atoms with Crippen molar-refractivity contribution in [1.82, 2.24) is 9.88 Å². The van der Waals surface area contributed by atoms with Gasteiger partial charge in [0.1, 0.15) is 5.01 Å². The van der Waals surface area contributed by atoms with Crippen LogP contribution < -0.4 is 9.47 Å². The molecule has 0 unspecified atom stereocenters. The standard InChI is InChI=1S/C17H18N2O5S/c1-19(6-2-3-16(21)22)15(20)8-12-9-25-17(18-12)11-4-5-13-14(7-11)24-10-23-13/h4-5,7,9H,2-3,6,8,10H2,1H3,(H,21,22). The number of fused-ring (bicyclic) bond motifs is 1. The summed E-state index contributed by atoms with van der Waals surface area (Å²) >= 11 is 1.47. The van der Waals surface area contributed by atoms with Gasteiger partial charge in [-0.05, 0) is 24.6 Å². The highest BCUT2D eigenvalue weighted by Gasteiger charge is 2.16.